The number of carbonyl (C=O) groups is 1. The van der Waals surface area contributed by atoms with E-state index < -0.39 is 0 Å². The van der Waals surface area contributed by atoms with Gasteiger partial charge < -0.3 is 10.1 Å². The number of benzene rings is 3. The van der Waals surface area contributed by atoms with Crippen LogP contribution in [0.25, 0.3) is 5.69 Å². The van der Waals surface area contributed by atoms with Gasteiger partial charge in [0.1, 0.15) is 18.7 Å². The highest BCUT2D eigenvalue weighted by Gasteiger charge is 2.08. The van der Waals surface area contributed by atoms with Gasteiger partial charge in [-0.25, -0.2) is 4.68 Å². The average molecular weight is 399 g/mol. The highest BCUT2D eigenvalue weighted by Crippen LogP contribution is 2.19. The summed E-state index contributed by atoms with van der Waals surface area (Å²) in [6, 6.07) is 25.3. The summed E-state index contributed by atoms with van der Waals surface area (Å²) in [6.45, 7) is 0.895. The number of nitrogens with zero attached hydrogens (tertiary/aromatic N) is 4. The Bertz CT molecular complexity index is 1080. The summed E-state index contributed by atoms with van der Waals surface area (Å²) in [6.07, 6.45) is 1.82. The van der Waals surface area contributed by atoms with Crippen LogP contribution in [-0.4, -0.2) is 26.1 Å². The van der Waals surface area contributed by atoms with Gasteiger partial charge >= 0.3 is 0 Å². The molecule has 0 aliphatic heterocycles. The molecule has 1 aromatic heterocycles. The largest absolute Gasteiger partial charge is 0.489 e. The van der Waals surface area contributed by atoms with Gasteiger partial charge in [-0.2, -0.15) is 0 Å². The Balaban J connectivity index is 1.31. The standard InChI is InChI=1S/C23H21N5O2/c29-23(14-18-10-12-21(13-11-18)28-17-25-26-27-28)24-15-20-8-4-5-9-22(20)30-16-19-6-2-1-3-7-19/h1-13,17H,14-16H2,(H,24,29). The minimum Gasteiger partial charge on any atom is -0.489 e. The van der Waals surface area contributed by atoms with E-state index in [9.17, 15) is 4.79 Å². The zero-order valence-corrected chi connectivity index (χ0v) is 16.3. The summed E-state index contributed by atoms with van der Waals surface area (Å²) in [5.41, 5.74) is 3.80. The molecule has 1 heterocycles. The number of para-hydroxylation sites is 1. The third kappa shape index (κ3) is 5.08. The number of amides is 1. The molecule has 7 heteroatoms. The quantitative estimate of drug-likeness (QED) is 0.492. The zero-order chi connectivity index (χ0) is 20.6. The van der Waals surface area contributed by atoms with Crippen LogP contribution in [0, 0.1) is 0 Å². The van der Waals surface area contributed by atoms with Gasteiger partial charge in [0, 0.05) is 12.1 Å². The Morgan fingerprint density at radius 3 is 2.43 bits per heavy atom. The first-order valence-electron chi connectivity index (χ1n) is 9.61. The lowest BCUT2D eigenvalue weighted by molar-refractivity contribution is -0.120. The molecule has 1 N–H and O–H groups in total. The van der Waals surface area contributed by atoms with Crippen LogP contribution in [-0.2, 0) is 24.4 Å². The highest BCUT2D eigenvalue weighted by atomic mass is 16.5. The summed E-state index contributed by atoms with van der Waals surface area (Å²) >= 11 is 0. The fourth-order valence-corrected chi connectivity index (χ4v) is 3.01. The molecule has 150 valence electrons. The van der Waals surface area contributed by atoms with E-state index in [0.29, 0.717) is 19.6 Å². The topological polar surface area (TPSA) is 81.9 Å². The Labute approximate surface area is 174 Å². The van der Waals surface area contributed by atoms with Crippen LogP contribution in [0.1, 0.15) is 16.7 Å². The van der Waals surface area contributed by atoms with E-state index in [2.05, 4.69) is 20.8 Å². The number of rotatable bonds is 8. The van der Waals surface area contributed by atoms with Gasteiger partial charge in [-0.05, 0) is 39.8 Å². The molecule has 0 unspecified atom stereocenters. The second-order valence-corrected chi connectivity index (χ2v) is 6.76. The summed E-state index contributed by atoms with van der Waals surface area (Å²) < 4.78 is 7.52. The molecule has 4 rings (SSSR count). The molecular formula is C23H21N5O2. The van der Waals surface area contributed by atoms with Crippen LogP contribution in [0.2, 0.25) is 0 Å². The van der Waals surface area contributed by atoms with Crippen molar-refractivity contribution >= 4 is 5.91 Å². The first kappa shape index (κ1) is 19.3. The molecule has 7 nitrogen and oxygen atoms in total. The molecule has 0 radical (unpaired) electrons. The van der Waals surface area contributed by atoms with E-state index in [0.717, 1.165) is 28.1 Å². The third-order valence-corrected chi connectivity index (χ3v) is 4.60. The van der Waals surface area contributed by atoms with Crippen molar-refractivity contribution in [2.24, 2.45) is 0 Å². The fourth-order valence-electron chi connectivity index (χ4n) is 3.01. The first-order chi connectivity index (χ1) is 14.8. The predicted molar refractivity (Wildman–Crippen MR) is 112 cm³/mol. The van der Waals surface area contributed by atoms with Crippen LogP contribution < -0.4 is 10.1 Å². The van der Waals surface area contributed by atoms with Crippen molar-refractivity contribution < 1.29 is 9.53 Å². The lowest BCUT2D eigenvalue weighted by Gasteiger charge is -2.12. The van der Waals surface area contributed by atoms with Gasteiger partial charge in [-0.15, -0.1) is 5.10 Å². The molecule has 30 heavy (non-hydrogen) atoms. The minimum absolute atomic E-state index is 0.0527. The number of carbonyl (C=O) groups excluding carboxylic acids is 1. The van der Waals surface area contributed by atoms with Crippen molar-refractivity contribution in [3.05, 3.63) is 102 Å². The molecule has 0 aliphatic rings. The molecule has 0 aliphatic carbocycles. The second-order valence-electron chi connectivity index (χ2n) is 6.76. The summed E-state index contributed by atoms with van der Waals surface area (Å²) in [5.74, 6) is 0.718. The lowest BCUT2D eigenvalue weighted by atomic mass is 10.1. The van der Waals surface area contributed by atoms with Crippen LogP contribution in [0.15, 0.2) is 85.2 Å². The number of tetrazole rings is 1. The second kappa shape index (κ2) is 9.47. The maximum atomic E-state index is 12.4. The molecule has 0 saturated heterocycles. The maximum Gasteiger partial charge on any atom is 0.224 e. The number of nitrogens with one attached hydrogen (secondary N) is 1. The van der Waals surface area contributed by atoms with Crippen LogP contribution in [0.4, 0.5) is 0 Å². The van der Waals surface area contributed by atoms with Crippen molar-refractivity contribution in [1.82, 2.24) is 25.5 Å². The van der Waals surface area contributed by atoms with E-state index in [1.54, 1.807) is 4.68 Å². The van der Waals surface area contributed by atoms with Crippen molar-refractivity contribution in [2.75, 3.05) is 0 Å². The maximum absolute atomic E-state index is 12.4. The molecule has 0 atom stereocenters. The molecular weight excluding hydrogens is 378 g/mol. The zero-order valence-electron chi connectivity index (χ0n) is 16.3. The van der Waals surface area contributed by atoms with E-state index in [1.807, 2.05) is 78.9 Å². The average Bonchev–Trinajstić information content (AvgIpc) is 3.33. The van der Waals surface area contributed by atoms with Crippen LogP contribution in [0.3, 0.4) is 0 Å². The predicted octanol–water partition coefficient (Wildman–Crippen LogP) is 3.10. The molecule has 0 bridgehead atoms. The van der Waals surface area contributed by atoms with E-state index >= 15 is 0 Å². The summed E-state index contributed by atoms with van der Waals surface area (Å²) in [4.78, 5) is 12.4. The number of ether oxygens (including phenoxy) is 1. The molecule has 0 fully saturated rings. The Morgan fingerprint density at radius 2 is 1.67 bits per heavy atom. The van der Waals surface area contributed by atoms with Crippen molar-refractivity contribution in [1.29, 1.82) is 0 Å². The lowest BCUT2D eigenvalue weighted by Crippen LogP contribution is -2.24. The van der Waals surface area contributed by atoms with Crippen molar-refractivity contribution in [3.8, 4) is 11.4 Å². The van der Waals surface area contributed by atoms with Crippen molar-refractivity contribution in [3.63, 3.8) is 0 Å². The van der Waals surface area contributed by atoms with Gasteiger partial charge in [-0.3, -0.25) is 4.79 Å². The SMILES string of the molecule is O=C(Cc1ccc(-n2cnnn2)cc1)NCc1ccccc1OCc1ccccc1. The molecule has 0 saturated carbocycles. The Morgan fingerprint density at radius 1 is 0.900 bits per heavy atom. The number of aromatic nitrogens is 4. The van der Waals surface area contributed by atoms with E-state index in [1.165, 1.54) is 6.33 Å². The third-order valence-electron chi connectivity index (χ3n) is 4.60. The minimum atomic E-state index is -0.0527. The molecule has 4 aromatic rings. The van der Waals surface area contributed by atoms with Gasteiger partial charge in [0.15, 0.2) is 0 Å². The Kier molecular flexibility index (Phi) is 6.10. The fraction of sp³-hybridized carbons (Fsp3) is 0.130. The number of hydrogen-bond acceptors (Lipinski definition) is 5. The normalized spacial score (nSPS) is 10.5. The first-order valence-corrected chi connectivity index (χ1v) is 9.61. The van der Waals surface area contributed by atoms with E-state index in [4.69, 9.17) is 4.74 Å². The molecule has 1 amide bonds. The summed E-state index contributed by atoms with van der Waals surface area (Å²) in [5, 5.41) is 14.1. The van der Waals surface area contributed by atoms with Crippen molar-refractivity contribution in [2.45, 2.75) is 19.6 Å². The van der Waals surface area contributed by atoms with E-state index in [-0.39, 0.29) is 5.91 Å². The highest BCUT2D eigenvalue weighted by molar-refractivity contribution is 5.78. The Hall–Kier alpha value is -4.00. The van der Waals surface area contributed by atoms with Crippen LogP contribution in [0.5, 0.6) is 5.75 Å². The monoisotopic (exact) mass is 399 g/mol. The van der Waals surface area contributed by atoms with Gasteiger partial charge in [0.2, 0.25) is 5.91 Å². The molecule has 3 aromatic carbocycles. The van der Waals surface area contributed by atoms with Gasteiger partial charge in [0.25, 0.3) is 0 Å². The summed E-state index contributed by atoms with van der Waals surface area (Å²) in [7, 11) is 0. The van der Waals surface area contributed by atoms with Crippen LogP contribution >= 0.6 is 0 Å². The smallest absolute Gasteiger partial charge is 0.224 e. The van der Waals surface area contributed by atoms with Gasteiger partial charge in [0.05, 0.1) is 12.1 Å². The number of hydrogen-bond donors (Lipinski definition) is 1. The molecule has 0 spiro atoms. The van der Waals surface area contributed by atoms with Gasteiger partial charge in [-0.1, -0.05) is 60.7 Å².